The maximum Gasteiger partial charge on any atom is 0.414 e. The lowest BCUT2D eigenvalue weighted by molar-refractivity contribution is -0.153. The average molecular weight is 815 g/mol. The van der Waals surface area contributed by atoms with E-state index in [4.69, 9.17) is 28.1 Å². The van der Waals surface area contributed by atoms with Crippen LogP contribution in [0, 0.1) is 11.8 Å². The van der Waals surface area contributed by atoms with Gasteiger partial charge in [0.15, 0.2) is 11.6 Å². The van der Waals surface area contributed by atoms with Crippen LogP contribution in [0.25, 0.3) is 0 Å². The van der Waals surface area contributed by atoms with Crippen molar-refractivity contribution in [2.24, 2.45) is 11.8 Å². The molecule has 320 valence electrons. The molecule has 1 aromatic rings. The van der Waals surface area contributed by atoms with Crippen molar-refractivity contribution >= 4 is 37.9 Å². The highest BCUT2D eigenvalue weighted by Gasteiger charge is 2.45. The lowest BCUT2D eigenvalue weighted by Gasteiger charge is -2.38. The summed E-state index contributed by atoms with van der Waals surface area (Å²) < 4.78 is 37.2. The fourth-order valence-electron chi connectivity index (χ4n) is 6.85. The number of ether oxygens (including phenoxy) is 5. The van der Waals surface area contributed by atoms with Crippen LogP contribution in [0.4, 0.5) is 15.3 Å². The Balaban J connectivity index is 1.83. The lowest BCUT2D eigenvalue weighted by atomic mass is 9.94. The van der Waals surface area contributed by atoms with E-state index in [1.807, 2.05) is 61.5 Å². The first-order chi connectivity index (χ1) is 26.1. The van der Waals surface area contributed by atoms with Crippen molar-refractivity contribution in [2.45, 2.75) is 176 Å². The second kappa shape index (κ2) is 17.4. The Bertz CT molecular complexity index is 1660. The Morgan fingerprint density at radius 1 is 0.912 bits per heavy atom. The quantitative estimate of drug-likeness (QED) is 0.161. The zero-order valence-electron chi connectivity index (χ0n) is 37.3. The molecule has 0 unspecified atom stereocenters. The van der Waals surface area contributed by atoms with Crippen molar-refractivity contribution in [1.82, 2.24) is 4.90 Å². The van der Waals surface area contributed by atoms with Gasteiger partial charge in [-0.15, -0.1) is 0 Å². The number of carbonyl (C=O) groups is 4. The summed E-state index contributed by atoms with van der Waals surface area (Å²) >= 11 is 0. The predicted octanol–water partition coefficient (Wildman–Crippen LogP) is 9.62. The molecule has 12 nitrogen and oxygen atoms in total. The summed E-state index contributed by atoms with van der Waals surface area (Å²) in [6.45, 7) is 30.3. The average Bonchev–Trinajstić information content (AvgIpc) is 3.37. The minimum atomic E-state index is -2.57. The molecule has 0 N–H and O–H groups in total. The van der Waals surface area contributed by atoms with Crippen LogP contribution in [0.5, 0.6) is 5.75 Å². The highest BCUT2D eigenvalue weighted by molar-refractivity contribution is 6.74. The summed E-state index contributed by atoms with van der Waals surface area (Å²) in [6, 6.07) is 3.68. The van der Waals surface area contributed by atoms with Crippen LogP contribution < -0.4 is 9.33 Å². The Hall–Kier alpha value is -3.42. The van der Waals surface area contributed by atoms with E-state index in [2.05, 4.69) is 33.9 Å². The van der Waals surface area contributed by atoms with E-state index in [0.717, 1.165) is 0 Å². The molecular formula is C44H70N2O10Si. The summed E-state index contributed by atoms with van der Waals surface area (Å²) in [5.74, 6) is -1.52. The van der Waals surface area contributed by atoms with Gasteiger partial charge in [-0.2, -0.15) is 0 Å². The number of cyclic esters (lactones) is 1. The van der Waals surface area contributed by atoms with Gasteiger partial charge < -0.3 is 33.0 Å². The van der Waals surface area contributed by atoms with Gasteiger partial charge in [0.1, 0.15) is 34.7 Å². The molecular weight excluding hydrogens is 745 g/mol. The third kappa shape index (κ3) is 12.5. The maximum absolute atomic E-state index is 14.4. The number of likely N-dealkylation sites (tertiary alicyclic amines) is 1. The molecule has 0 bridgehead atoms. The second-order valence-electron chi connectivity index (χ2n) is 20.1. The molecule has 57 heavy (non-hydrogen) atoms. The van der Waals surface area contributed by atoms with Gasteiger partial charge in [0.2, 0.25) is 0 Å². The summed E-state index contributed by atoms with van der Waals surface area (Å²) in [5, 5.41) is -0.213. The minimum Gasteiger partial charge on any atom is -0.543 e. The van der Waals surface area contributed by atoms with Gasteiger partial charge in [0, 0.05) is 31.6 Å². The van der Waals surface area contributed by atoms with Crippen molar-refractivity contribution in [1.29, 1.82) is 0 Å². The van der Waals surface area contributed by atoms with Crippen LogP contribution in [-0.4, -0.2) is 92.1 Å². The molecule has 3 aliphatic rings. The molecule has 2 saturated heterocycles. The first kappa shape index (κ1) is 46.3. The number of carbonyl (C=O) groups excluding carboxylic acids is 4. The van der Waals surface area contributed by atoms with Gasteiger partial charge in [0.25, 0.3) is 8.32 Å². The molecule has 0 aromatic heterocycles. The second-order valence-corrected chi connectivity index (χ2v) is 24.8. The molecule has 3 heterocycles. The topological polar surface area (TPSA) is 130 Å². The first-order valence-corrected chi connectivity index (χ1v) is 23.6. The molecule has 2 amide bonds. The first-order valence-electron chi connectivity index (χ1n) is 20.7. The van der Waals surface area contributed by atoms with Gasteiger partial charge in [-0.3, -0.25) is 9.69 Å². The lowest BCUT2D eigenvalue weighted by Crippen LogP contribution is -2.46. The number of benzene rings is 1. The number of rotatable bonds is 5. The van der Waals surface area contributed by atoms with E-state index < -0.39 is 55.7 Å². The van der Waals surface area contributed by atoms with Crippen molar-refractivity contribution in [2.75, 3.05) is 24.5 Å². The van der Waals surface area contributed by atoms with Crippen LogP contribution in [0.15, 0.2) is 24.3 Å². The third-order valence-corrected chi connectivity index (χ3v) is 15.5. The maximum atomic E-state index is 14.4. The highest BCUT2D eigenvalue weighted by Crippen LogP contribution is 2.42. The molecule has 0 radical (unpaired) electrons. The molecule has 0 spiro atoms. The standard InChI is InChI=1S/C44H70N2O10Si/c1-28-19-20-33(47)37-34(52-44(12,13)53-37)18-16-17-31-25-32(26-35(36(31)38(48)51-29(28)2)56-57(14,15)43(9,10)11)46(40(50)55-42(6,7)8)27-30-21-23-45(24-22-30)39(49)54-41(3,4)5/h19-20,25-26,28-30,34,37H,16-18,21-24,27H2,1-15H3/b20-19-/t28-,29+,34+,37-/m1/s1. The number of piperidine rings is 1. The summed E-state index contributed by atoms with van der Waals surface area (Å²) in [6.07, 6.45) is 3.34. The zero-order valence-corrected chi connectivity index (χ0v) is 38.3. The summed E-state index contributed by atoms with van der Waals surface area (Å²) in [7, 11) is -2.57. The largest absolute Gasteiger partial charge is 0.543 e. The van der Waals surface area contributed by atoms with Crippen LogP contribution >= 0.6 is 0 Å². The van der Waals surface area contributed by atoms with Gasteiger partial charge in [0.05, 0.1) is 11.8 Å². The Morgan fingerprint density at radius 3 is 2.11 bits per heavy atom. The molecule has 3 aliphatic heterocycles. The van der Waals surface area contributed by atoms with Crippen molar-refractivity contribution in [3.8, 4) is 5.75 Å². The molecule has 1 aromatic carbocycles. The SMILES string of the molecule is C[C@@H]1/C=C\C(=O)[C@H]2OC(C)(C)O[C@H]2CCCc2cc(N(CC3CCN(C(=O)OC(C)(C)C)CC3)C(=O)OC(C)(C)C)cc(O[Si](C)(C)C(C)(C)C)c2C(=O)O[C@H]1C. The van der Waals surface area contributed by atoms with Crippen LogP contribution in [0.2, 0.25) is 18.1 Å². The predicted molar refractivity (Wildman–Crippen MR) is 223 cm³/mol. The Morgan fingerprint density at radius 2 is 1.53 bits per heavy atom. The summed E-state index contributed by atoms with van der Waals surface area (Å²) in [4.78, 5) is 58.3. The fourth-order valence-corrected chi connectivity index (χ4v) is 7.87. The smallest absolute Gasteiger partial charge is 0.414 e. The number of fused-ring (bicyclic) bond motifs is 2. The van der Waals surface area contributed by atoms with E-state index in [1.54, 1.807) is 35.8 Å². The summed E-state index contributed by atoms with van der Waals surface area (Å²) in [5.41, 5.74) is 0.153. The number of hydrogen-bond acceptors (Lipinski definition) is 10. The van der Waals surface area contributed by atoms with Crippen LogP contribution in [-0.2, 0) is 34.9 Å². The fraction of sp³-hybridized carbons (Fsp3) is 0.727. The molecule has 0 saturated carbocycles. The van der Waals surface area contributed by atoms with Gasteiger partial charge in [-0.05, 0) is 136 Å². The van der Waals surface area contributed by atoms with Gasteiger partial charge >= 0.3 is 18.2 Å². The number of aryl methyl sites for hydroxylation is 1. The molecule has 13 heteroatoms. The molecule has 4 rings (SSSR count). The van der Waals surface area contributed by atoms with Crippen molar-refractivity contribution < 1.29 is 47.3 Å². The Labute approximate surface area is 342 Å². The van der Waals surface area contributed by atoms with Crippen molar-refractivity contribution in [3.63, 3.8) is 0 Å². The van der Waals surface area contributed by atoms with E-state index in [-0.39, 0.29) is 28.8 Å². The van der Waals surface area contributed by atoms with Crippen molar-refractivity contribution in [3.05, 3.63) is 35.4 Å². The highest BCUT2D eigenvalue weighted by atomic mass is 28.4. The monoisotopic (exact) mass is 814 g/mol. The van der Waals surface area contributed by atoms with E-state index in [0.29, 0.717) is 74.3 Å². The minimum absolute atomic E-state index is 0.0485. The van der Waals surface area contributed by atoms with Crippen LogP contribution in [0.1, 0.15) is 132 Å². The third-order valence-electron chi connectivity index (χ3n) is 11.2. The van der Waals surface area contributed by atoms with Gasteiger partial charge in [-0.1, -0.05) is 33.8 Å². The number of nitrogens with zero attached hydrogens (tertiary/aromatic N) is 2. The molecule has 2 fully saturated rings. The zero-order chi connectivity index (χ0) is 42.9. The molecule has 4 atom stereocenters. The number of anilines is 1. The number of hydrogen-bond donors (Lipinski definition) is 0. The van der Waals surface area contributed by atoms with Gasteiger partial charge in [-0.25, -0.2) is 14.4 Å². The molecule has 0 aliphatic carbocycles. The van der Waals surface area contributed by atoms with Crippen LogP contribution in [0.3, 0.4) is 0 Å². The normalized spacial score (nSPS) is 24.7. The van der Waals surface area contributed by atoms with E-state index in [1.165, 1.54) is 6.08 Å². The van der Waals surface area contributed by atoms with E-state index >= 15 is 0 Å². The van der Waals surface area contributed by atoms with E-state index in [9.17, 15) is 19.2 Å². The number of amides is 2. The number of esters is 1. The number of ketones is 1. The Kier molecular flexibility index (Phi) is 14.1.